The number of methoxy groups -OCH3 is 1. The van der Waals surface area contributed by atoms with Crippen LogP contribution in [0.2, 0.25) is 10.0 Å². The van der Waals surface area contributed by atoms with Crippen molar-refractivity contribution < 1.29 is 9.53 Å². The maximum absolute atomic E-state index is 12.4. The van der Waals surface area contributed by atoms with Crippen molar-refractivity contribution in [2.45, 2.75) is 0 Å². The zero-order valence-corrected chi connectivity index (χ0v) is 16.0. The summed E-state index contributed by atoms with van der Waals surface area (Å²) in [5.74, 6) is 0.848. The Balaban J connectivity index is 1.55. The largest absolute Gasteiger partial charge is 0.497 e. The van der Waals surface area contributed by atoms with Crippen LogP contribution < -0.4 is 9.64 Å². The molecular weight excluding hydrogens is 371 g/mol. The molecule has 0 aromatic heterocycles. The lowest BCUT2D eigenvalue weighted by Gasteiger charge is -2.35. The molecule has 1 aliphatic rings. The second kappa shape index (κ2) is 8.47. The minimum absolute atomic E-state index is 0.00505. The number of carbonyl (C=O) groups is 1. The molecule has 4 nitrogen and oxygen atoms in total. The number of carbonyl (C=O) groups excluding carboxylic acids is 1. The number of halogens is 2. The lowest BCUT2D eigenvalue weighted by Crippen LogP contribution is -2.48. The lowest BCUT2D eigenvalue weighted by molar-refractivity contribution is -0.126. The third-order valence-electron chi connectivity index (χ3n) is 4.39. The first kappa shape index (κ1) is 18.6. The standard InChI is InChI=1S/C20H20Cl2N2O2/c1-26-17-6-4-16(5-7-17)23-10-12-24(13-11-23)20(25)9-3-15-2-8-18(21)19(22)14-15/h2-9,14H,10-13H2,1H3/b9-3+. The van der Waals surface area contributed by atoms with E-state index in [1.807, 2.05) is 35.2 Å². The van der Waals surface area contributed by atoms with Crippen LogP contribution in [0.5, 0.6) is 5.75 Å². The van der Waals surface area contributed by atoms with Gasteiger partial charge in [0.05, 0.1) is 17.2 Å². The Morgan fingerprint density at radius 1 is 1.00 bits per heavy atom. The molecule has 0 radical (unpaired) electrons. The SMILES string of the molecule is COc1ccc(N2CCN(C(=O)/C=C/c3ccc(Cl)c(Cl)c3)CC2)cc1. The molecular formula is C20H20Cl2N2O2. The topological polar surface area (TPSA) is 32.8 Å². The molecule has 0 unspecified atom stereocenters. The van der Waals surface area contributed by atoms with E-state index in [0.29, 0.717) is 23.1 Å². The van der Waals surface area contributed by atoms with Gasteiger partial charge in [0, 0.05) is 37.9 Å². The molecule has 1 amide bonds. The normalized spacial score (nSPS) is 14.7. The van der Waals surface area contributed by atoms with Crippen LogP contribution in [0, 0.1) is 0 Å². The van der Waals surface area contributed by atoms with Crippen LogP contribution in [0.15, 0.2) is 48.5 Å². The summed E-state index contributed by atoms with van der Waals surface area (Å²) in [5.41, 5.74) is 1.99. The summed E-state index contributed by atoms with van der Waals surface area (Å²) in [4.78, 5) is 16.5. The number of hydrogen-bond donors (Lipinski definition) is 0. The number of piperazine rings is 1. The monoisotopic (exact) mass is 390 g/mol. The maximum Gasteiger partial charge on any atom is 0.246 e. The van der Waals surface area contributed by atoms with Gasteiger partial charge < -0.3 is 14.5 Å². The van der Waals surface area contributed by atoms with Crippen molar-refractivity contribution in [2.24, 2.45) is 0 Å². The Hall–Kier alpha value is -2.17. The Bertz CT molecular complexity index is 798. The molecule has 1 fully saturated rings. The van der Waals surface area contributed by atoms with Crippen molar-refractivity contribution in [1.29, 1.82) is 0 Å². The molecule has 26 heavy (non-hydrogen) atoms. The van der Waals surface area contributed by atoms with E-state index in [1.54, 1.807) is 31.4 Å². The predicted octanol–water partition coefficient (Wildman–Crippen LogP) is 4.36. The first-order valence-electron chi connectivity index (χ1n) is 8.38. The van der Waals surface area contributed by atoms with Gasteiger partial charge in [-0.3, -0.25) is 4.79 Å². The van der Waals surface area contributed by atoms with Gasteiger partial charge in [0.1, 0.15) is 5.75 Å². The van der Waals surface area contributed by atoms with Gasteiger partial charge in [-0.2, -0.15) is 0 Å². The van der Waals surface area contributed by atoms with Crippen LogP contribution in [0.1, 0.15) is 5.56 Å². The average Bonchev–Trinajstić information content (AvgIpc) is 2.69. The molecule has 0 bridgehead atoms. The van der Waals surface area contributed by atoms with Gasteiger partial charge in [-0.15, -0.1) is 0 Å². The van der Waals surface area contributed by atoms with Gasteiger partial charge in [-0.1, -0.05) is 29.3 Å². The van der Waals surface area contributed by atoms with Gasteiger partial charge in [-0.05, 0) is 48.0 Å². The molecule has 136 valence electrons. The molecule has 0 N–H and O–H groups in total. The molecule has 0 aliphatic carbocycles. The highest BCUT2D eigenvalue weighted by Gasteiger charge is 2.19. The number of benzene rings is 2. The fourth-order valence-electron chi connectivity index (χ4n) is 2.87. The third-order valence-corrected chi connectivity index (χ3v) is 5.13. The fraction of sp³-hybridized carbons (Fsp3) is 0.250. The number of nitrogens with zero attached hydrogens (tertiary/aromatic N) is 2. The number of anilines is 1. The van der Waals surface area contributed by atoms with Gasteiger partial charge in [-0.25, -0.2) is 0 Å². The molecule has 1 aliphatic heterocycles. The zero-order chi connectivity index (χ0) is 18.5. The van der Waals surface area contributed by atoms with Gasteiger partial charge in [0.2, 0.25) is 5.91 Å². The van der Waals surface area contributed by atoms with Gasteiger partial charge in [0.15, 0.2) is 0 Å². The van der Waals surface area contributed by atoms with E-state index in [4.69, 9.17) is 27.9 Å². The molecule has 1 heterocycles. The molecule has 0 saturated carbocycles. The fourth-order valence-corrected chi connectivity index (χ4v) is 3.17. The maximum atomic E-state index is 12.4. The van der Waals surface area contributed by atoms with Crippen molar-refractivity contribution in [2.75, 3.05) is 38.2 Å². The van der Waals surface area contributed by atoms with E-state index in [2.05, 4.69) is 4.90 Å². The average molecular weight is 391 g/mol. The molecule has 0 atom stereocenters. The van der Waals surface area contributed by atoms with E-state index in [-0.39, 0.29) is 5.91 Å². The Labute approximate surface area is 163 Å². The number of amides is 1. The minimum atomic E-state index is 0.00505. The molecule has 0 spiro atoms. The summed E-state index contributed by atoms with van der Waals surface area (Å²) in [6.45, 7) is 2.99. The summed E-state index contributed by atoms with van der Waals surface area (Å²) in [7, 11) is 1.66. The summed E-state index contributed by atoms with van der Waals surface area (Å²) in [5, 5.41) is 0.985. The Morgan fingerprint density at radius 3 is 2.31 bits per heavy atom. The molecule has 6 heteroatoms. The second-order valence-corrected chi connectivity index (χ2v) is 6.83. The van der Waals surface area contributed by atoms with Crippen molar-refractivity contribution in [3.8, 4) is 5.75 Å². The van der Waals surface area contributed by atoms with E-state index in [1.165, 1.54) is 0 Å². The van der Waals surface area contributed by atoms with E-state index in [0.717, 1.165) is 30.1 Å². The number of ether oxygens (including phenoxy) is 1. The van der Waals surface area contributed by atoms with Crippen LogP contribution in [0.3, 0.4) is 0 Å². The van der Waals surface area contributed by atoms with Crippen LogP contribution in [-0.4, -0.2) is 44.1 Å². The first-order chi connectivity index (χ1) is 12.6. The molecule has 1 saturated heterocycles. The highest BCUT2D eigenvalue weighted by atomic mass is 35.5. The van der Waals surface area contributed by atoms with Crippen molar-refractivity contribution in [1.82, 2.24) is 4.90 Å². The summed E-state index contributed by atoms with van der Waals surface area (Å²) >= 11 is 11.9. The third kappa shape index (κ3) is 4.51. The minimum Gasteiger partial charge on any atom is -0.497 e. The van der Waals surface area contributed by atoms with Gasteiger partial charge in [0.25, 0.3) is 0 Å². The number of hydrogen-bond acceptors (Lipinski definition) is 3. The second-order valence-electron chi connectivity index (χ2n) is 6.02. The summed E-state index contributed by atoms with van der Waals surface area (Å²) < 4.78 is 5.19. The van der Waals surface area contributed by atoms with Crippen molar-refractivity contribution >= 4 is 40.9 Å². The van der Waals surface area contributed by atoms with Crippen LogP contribution in [0.25, 0.3) is 6.08 Å². The smallest absolute Gasteiger partial charge is 0.246 e. The molecule has 2 aromatic carbocycles. The highest BCUT2D eigenvalue weighted by Crippen LogP contribution is 2.23. The Morgan fingerprint density at radius 2 is 1.69 bits per heavy atom. The first-order valence-corrected chi connectivity index (χ1v) is 9.13. The summed E-state index contributed by atoms with van der Waals surface area (Å²) in [6.07, 6.45) is 3.35. The lowest BCUT2D eigenvalue weighted by atomic mass is 10.2. The van der Waals surface area contributed by atoms with Crippen LogP contribution >= 0.6 is 23.2 Å². The highest BCUT2D eigenvalue weighted by molar-refractivity contribution is 6.42. The van der Waals surface area contributed by atoms with Crippen molar-refractivity contribution in [3.05, 3.63) is 64.1 Å². The predicted molar refractivity (Wildman–Crippen MR) is 107 cm³/mol. The van der Waals surface area contributed by atoms with Crippen molar-refractivity contribution in [3.63, 3.8) is 0 Å². The molecule has 2 aromatic rings. The van der Waals surface area contributed by atoms with Gasteiger partial charge >= 0.3 is 0 Å². The summed E-state index contributed by atoms with van der Waals surface area (Å²) in [6, 6.07) is 13.3. The van der Waals surface area contributed by atoms with E-state index in [9.17, 15) is 4.79 Å². The Kier molecular flexibility index (Phi) is 6.07. The quantitative estimate of drug-likeness (QED) is 0.726. The van der Waals surface area contributed by atoms with Crippen LogP contribution in [0.4, 0.5) is 5.69 Å². The molecule has 3 rings (SSSR count). The van der Waals surface area contributed by atoms with E-state index >= 15 is 0 Å². The van der Waals surface area contributed by atoms with Crippen LogP contribution in [-0.2, 0) is 4.79 Å². The van der Waals surface area contributed by atoms with E-state index < -0.39 is 0 Å². The zero-order valence-electron chi connectivity index (χ0n) is 14.5. The number of rotatable bonds is 4.